The van der Waals surface area contributed by atoms with Crippen molar-refractivity contribution in [2.75, 3.05) is 0 Å². The molecular weight excluding hydrogens is 340 g/mol. The molecule has 0 aliphatic heterocycles. The molecule has 1 aromatic carbocycles. The van der Waals surface area contributed by atoms with E-state index in [1.165, 1.54) is 81.8 Å². The molecule has 0 amide bonds. The monoisotopic (exact) mass is 380 g/mol. The van der Waals surface area contributed by atoms with Crippen molar-refractivity contribution in [1.29, 1.82) is 0 Å². The number of unbranched alkanes of at least 4 members (excludes halogenated alkanes) is 6. The summed E-state index contributed by atoms with van der Waals surface area (Å²) in [7, 11) is 0. The van der Waals surface area contributed by atoms with Crippen LogP contribution in [0.25, 0.3) is 11.4 Å². The van der Waals surface area contributed by atoms with Crippen molar-refractivity contribution in [2.45, 2.75) is 97.8 Å². The van der Waals surface area contributed by atoms with Crippen molar-refractivity contribution >= 4 is 0 Å². The summed E-state index contributed by atoms with van der Waals surface area (Å²) in [5.74, 6) is 1.72. The first-order chi connectivity index (χ1) is 13.7. The lowest BCUT2D eigenvalue weighted by Gasteiger charge is -2.08. The number of aromatic nitrogens is 2. The molecule has 0 fully saturated rings. The highest BCUT2D eigenvalue weighted by Gasteiger charge is 2.03. The molecule has 2 nitrogen and oxygen atoms in total. The number of nitrogens with zero attached hydrogens (tertiary/aromatic N) is 2. The summed E-state index contributed by atoms with van der Waals surface area (Å²) in [6, 6.07) is 8.84. The Hall–Kier alpha value is -1.70. The molecule has 0 radical (unpaired) electrons. The van der Waals surface area contributed by atoms with Gasteiger partial charge in [0.05, 0.1) is 0 Å². The van der Waals surface area contributed by atoms with Gasteiger partial charge in [-0.15, -0.1) is 0 Å². The summed E-state index contributed by atoms with van der Waals surface area (Å²) in [6.07, 6.45) is 19.5. The smallest absolute Gasteiger partial charge is 0.159 e. The Morgan fingerprint density at radius 2 is 1.32 bits per heavy atom. The highest BCUT2D eigenvalue weighted by atomic mass is 14.9. The molecule has 0 saturated carbocycles. The Balaban J connectivity index is 1.73. The van der Waals surface area contributed by atoms with Crippen LogP contribution in [0.1, 0.15) is 96.1 Å². The van der Waals surface area contributed by atoms with Crippen molar-refractivity contribution in [3.63, 3.8) is 0 Å². The van der Waals surface area contributed by atoms with Crippen molar-refractivity contribution in [1.82, 2.24) is 9.97 Å². The Morgan fingerprint density at radius 1 is 0.714 bits per heavy atom. The van der Waals surface area contributed by atoms with Gasteiger partial charge in [-0.1, -0.05) is 96.4 Å². The normalized spacial score (nSPS) is 12.2. The third-order valence-corrected chi connectivity index (χ3v) is 5.85. The molecule has 0 spiro atoms. The van der Waals surface area contributed by atoms with E-state index in [4.69, 9.17) is 0 Å². The van der Waals surface area contributed by atoms with E-state index in [0.29, 0.717) is 0 Å². The van der Waals surface area contributed by atoms with Gasteiger partial charge in [-0.25, -0.2) is 9.97 Å². The highest BCUT2D eigenvalue weighted by Crippen LogP contribution is 2.18. The van der Waals surface area contributed by atoms with Crippen LogP contribution in [0.3, 0.4) is 0 Å². The molecule has 1 atom stereocenters. The highest BCUT2D eigenvalue weighted by molar-refractivity contribution is 5.55. The van der Waals surface area contributed by atoms with Gasteiger partial charge in [0.2, 0.25) is 0 Å². The predicted molar refractivity (Wildman–Crippen MR) is 122 cm³/mol. The van der Waals surface area contributed by atoms with Gasteiger partial charge in [0, 0.05) is 18.0 Å². The first-order valence-corrected chi connectivity index (χ1v) is 11.6. The zero-order valence-corrected chi connectivity index (χ0v) is 18.4. The Morgan fingerprint density at radius 3 is 1.96 bits per heavy atom. The van der Waals surface area contributed by atoms with E-state index >= 15 is 0 Å². The average molecular weight is 381 g/mol. The van der Waals surface area contributed by atoms with Crippen molar-refractivity contribution < 1.29 is 0 Å². The van der Waals surface area contributed by atoms with Crippen molar-refractivity contribution in [3.05, 3.63) is 47.8 Å². The molecule has 2 aromatic rings. The van der Waals surface area contributed by atoms with Crippen LogP contribution in [0, 0.1) is 5.92 Å². The van der Waals surface area contributed by atoms with Gasteiger partial charge >= 0.3 is 0 Å². The summed E-state index contributed by atoms with van der Waals surface area (Å²) in [6.45, 7) is 6.91. The van der Waals surface area contributed by atoms with Crippen molar-refractivity contribution in [2.24, 2.45) is 5.92 Å². The molecule has 1 heterocycles. The standard InChI is InChI=1S/C26H40N2/c1-4-6-7-8-11-15-24-20-27-26(28-21-24)25-18-16-23(17-19-25)14-12-9-10-13-22(3)5-2/h16-22H,4-15H2,1-3H3. The second kappa shape index (κ2) is 13.5. The molecule has 2 rings (SSSR count). The Bertz CT molecular complexity index is 630. The van der Waals surface area contributed by atoms with Crippen LogP contribution in [0.15, 0.2) is 36.7 Å². The zero-order valence-electron chi connectivity index (χ0n) is 18.4. The lowest BCUT2D eigenvalue weighted by atomic mass is 9.99. The number of rotatable bonds is 14. The van der Waals surface area contributed by atoms with E-state index in [0.717, 1.165) is 23.7 Å². The van der Waals surface area contributed by atoms with Crippen molar-refractivity contribution in [3.8, 4) is 11.4 Å². The summed E-state index contributed by atoms with van der Waals surface area (Å²) in [5.41, 5.74) is 3.81. The number of aryl methyl sites for hydroxylation is 2. The Kier molecular flexibility index (Phi) is 10.9. The van der Waals surface area contributed by atoms with Gasteiger partial charge in [0.25, 0.3) is 0 Å². The third kappa shape index (κ3) is 8.54. The van der Waals surface area contributed by atoms with E-state index in [9.17, 15) is 0 Å². The molecule has 154 valence electrons. The van der Waals surface area contributed by atoms with E-state index in [2.05, 4.69) is 55.0 Å². The van der Waals surface area contributed by atoms with Gasteiger partial charge in [0.15, 0.2) is 5.82 Å². The van der Waals surface area contributed by atoms with E-state index in [1.807, 2.05) is 12.4 Å². The van der Waals surface area contributed by atoms with Gasteiger partial charge in [0.1, 0.15) is 0 Å². The molecule has 1 unspecified atom stereocenters. The van der Waals surface area contributed by atoms with Crippen LogP contribution in [0.2, 0.25) is 0 Å². The third-order valence-electron chi connectivity index (χ3n) is 5.85. The minimum atomic E-state index is 0.842. The molecule has 28 heavy (non-hydrogen) atoms. The van der Waals surface area contributed by atoms with Gasteiger partial charge < -0.3 is 0 Å². The number of hydrogen-bond acceptors (Lipinski definition) is 2. The number of hydrogen-bond donors (Lipinski definition) is 0. The second-order valence-electron chi connectivity index (χ2n) is 8.39. The minimum Gasteiger partial charge on any atom is -0.236 e. The van der Waals surface area contributed by atoms with Crippen LogP contribution in [0.4, 0.5) is 0 Å². The van der Waals surface area contributed by atoms with Crippen LogP contribution >= 0.6 is 0 Å². The molecule has 0 N–H and O–H groups in total. The quantitative estimate of drug-likeness (QED) is 0.312. The Labute approximate surface area is 173 Å². The lowest BCUT2D eigenvalue weighted by molar-refractivity contribution is 0.478. The van der Waals surface area contributed by atoms with Crippen LogP contribution in [-0.4, -0.2) is 9.97 Å². The summed E-state index contributed by atoms with van der Waals surface area (Å²) < 4.78 is 0. The van der Waals surface area contributed by atoms with Crippen LogP contribution in [0.5, 0.6) is 0 Å². The van der Waals surface area contributed by atoms with Gasteiger partial charge in [-0.2, -0.15) is 0 Å². The van der Waals surface area contributed by atoms with Gasteiger partial charge in [-0.05, 0) is 42.7 Å². The maximum Gasteiger partial charge on any atom is 0.159 e. The van der Waals surface area contributed by atoms with E-state index in [-0.39, 0.29) is 0 Å². The summed E-state index contributed by atoms with van der Waals surface area (Å²) >= 11 is 0. The fourth-order valence-corrected chi connectivity index (χ4v) is 3.59. The fourth-order valence-electron chi connectivity index (χ4n) is 3.59. The SMILES string of the molecule is CCCCCCCc1cnc(-c2ccc(CCCCCC(C)CC)cc2)nc1. The molecular formula is C26H40N2. The molecule has 0 aliphatic rings. The molecule has 2 heteroatoms. The average Bonchev–Trinajstić information content (AvgIpc) is 2.74. The summed E-state index contributed by atoms with van der Waals surface area (Å²) in [4.78, 5) is 9.19. The summed E-state index contributed by atoms with van der Waals surface area (Å²) in [5, 5.41) is 0. The first kappa shape index (κ1) is 22.6. The minimum absolute atomic E-state index is 0.842. The molecule has 1 aromatic heterocycles. The molecule has 0 saturated heterocycles. The fraction of sp³-hybridized carbons (Fsp3) is 0.615. The van der Waals surface area contributed by atoms with E-state index < -0.39 is 0 Å². The lowest BCUT2D eigenvalue weighted by Crippen LogP contribution is -1.94. The topological polar surface area (TPSA) is 25.8 Å². The zero-order chi connectivity index (χ0) is 20.0. The second-order valence-corrected chi connectivity index (χ2v) is 8.39. The number of benzene rings is 1. The maximum absolute atomic E-state index is 4.59. The van der Waals surface area contributed by atoms with Crippen LogP contribution in [-0.2, 0) is 12.8 Å². The predicted octanol–water partition coefficient (Wildman–Crippen LogP) is 7.81. The van der Waals surface area contributed by atoms with E-state index in [1.54, 1.807) is 0 Å². The molecule has 0 aliphatic carbocycles. The molecule has 0 bridgehead atoms. The largest absolute Gasteiger partial charge is 0.236 e. The van der Waals surface area contributed by atoms with Gasteiger partial charge in [-0.3, -0.25) is 0 Å². The maximum atomic E-state index is 4.59. The first-order valence-electron chi connectivity index (χ1n) is 11.6. The van der Waals surface area contributed by atoms with Crippen LogP contribution < -0.4 is 0 Å².